The molecule has 5 nitrogen and oxygen atoms in total. The normalized spacial score (nSPS) is 21.6. The van der Waals surface area contributed by atoms with Crippen molar-refractivity contribution in [2.24, 2.45) is 5.41 Å². The first-order valence-corrected chi connectivity index (χ1v) is 14.2. The number of ether oxygens (including phenoxy) is 1. The van der Waals surface area contributed by atoms with Gasteiger partial charge in [0.25, 0.3) is 8.32 Å². The van der Waals surface area contributed by atoms with Crippen LogP contribution in [0, 0.1) is 5.41 Å². The molecule has 0 aliphatic heterocycles. The third kappa shape index (κ3) is 3.98. The van der Waals surface area contributed by atoms with Crippen molar-refractivity contribution in [2.75, 3.05) is 13.7 Å². The van der Waals surface area contributed by atoms with Crippen molar-refractivity contribution in [3.63, 3.8) is 0 Å². The summed E-state index contributed by atoms with van der Waals surface area (Å²) in [5, 5.41) is 12.3. The number of methoxy groups -OCH3 is 1. The van der Waals surface area contributed by atoms with Crippen LogP contribution < -0.4 is 10.4 Å². The average Bonchev–Trinajstić information content (AvgIpc) is 3.58. The van der Waals surface area contributed by atoms with Gasteiger partial charge >= 0.3 is 11.9 Å². The van der Waals surface area contributed by atoms with Crippen LogP contribution in [0.3, 0.4) is 0 Å². The quantitative estimate of drug-likeness (QED) is 0.264. The van der Waals surface area contributed by atoms with Gasteiger partial charge < -0.3 is 14.3 Å². The van der Waals surface area contributed by atoms with Gasteiger partial charge in [-0.1, -0.05) is 112 Å². The summed E-state index contributed by atoms with van der Waals surface area (Å²) < 4.78 is 12.0. The van der Waals surface area contributed by atoms with Crippen LogP contribution in [0.25, 0.3) is 0 Å². The topological polar surface area (TPSA) is 72.8 Å². The van der Waals surface area contributed by atoms with E-state index in [2.05, 4.69) is 45.0 Å². The molecule has 0 amide bonds. The molecule has 0 radical (unpaired) electrons. The lowest BCUT2D eigenvalue weighted by molar-refractivity contribution is -0.160. The Labute approximate surface area is 214 Å². The molecule has 2 unspecified atom stereocenters. The fraction of sp³-hybridized carbons (Fsp3) is 0.333. The lowest BCUT2D eigenvalue weighted by atomic mass is 9.83. The molecule has 6 heteroatoms. The van der Waals surface area contributed by atoms with E-state index in [1.54, 1.807) is 0 Å². The number of carbonyl (C=O) groups is 2. The lowest BCUT2D eigenvalue weighted by Crippen LogP contribution is -2.66. The third-order valence-electron chi connectivity index (χ3n) is 7.75. The third-order valence-corrected chi connectivity index (χ3v) is 12.8. The SMILES string of the molecule is COC(=O)C1(C(=O)O)CC1(CCO[Si](c1ccccc1)(c1ccccc1)C(C)(C)C)c1ccccc1. The highest BCUT2D eigenvalue weighted by atomic mass is 28.4. The van der Waals surface area contributed by atoms with Crippen LogP contribution in [0.15, 0.2) is 91.0 Å². The second-order valence-corrected chi connectivity index (χ2v) is 14.9. The zero-order valence-electron chi connectivity index (χ0n) is 21.4. The molecule has 0 aromatic heterocycles. The van der Waals surface area contributed by atoms with Gasteiger partial charge in [0.05, 0.1) is 7.11 Å². The number of benzene rings is 3. The summed E-state index contributed by atoms with van der Waals surface area (Å²) in [6.45, 7) is 6.94. The number of carbonyl (C=O) groups excluding carboxylic acids is 1. The Kier molecular flexibility index (Phi) is 6.95. The van der Waals surface area contributed by atoms with Gasteiger partial charge in [-0.15, -0.1) is 0 Å². The molecule has 1 fully saturated rings. The molecule has 4 rings (SSSR count). The van der Waals surface area contributed by atoms with Crippen molar-refractivity contribution in [3.05, 3.63) is 96.6 Å². The number of carboxylic acids is 1. The van der Waals surface area contributed by atoms with Gasteiger partial charge in [-0.2, -0.15) is 0 Å². The number of esters is 1. The average molecular weight is 503 g/mol. The molecule has 0 saturated heterocycles. The van der Waals surface area contributed by atoms with Gasteiger partial charge in [0, 0.05) is 12.0 Å². The summed E-state index contributed by atoms with van der Waals surface area (Å²) in [7, 11) is -1.54. The standard InChI is InChI=1S/C30H34O5Si/c1-28(2,3)36(24-16-10-6-11-17-24,25-18-12-7-13-19-25)35-21-20-29(23-14-8-5-9-15-23)22-30(29,26(31)32)27(33)34-4/h5-19H,20-22H2,1-4H3,(H,31,32). The maximum Gasteiger partial charge on any atom is 0.324 e. The van der Waals surface area contributed by atoms with Gasteiger partial charge in [0.15, 0.2) is 5.41 Å². The van der Waals surface area contributed by atoms with E-state index in [0.29, 0.717) is 13.0 Å². The molecule has 3 aromatic rings. The lowest BCUT2D eigenvalue weighted by Gasteiger charge is -2.43. The number of rotatable bonds is 9. The maximum absolute atomic E-state index is 12.9. The van der Waals surface area contributed by atoms with Crippen LogP contribution in [0.5, 0.6) is 0 Å². The Morgan fingerprint density at radius 1 is 0.861 bits per heavy atom. The second kappa shape index (κ2) is 9.68. The van der Waals surface area contributed by atoms with Gasteiger partial charge in [-0.05, 0) is 33.8 Å². The maximum atomic E-state index is 12.9. The highest BCUT2D eigenvalue weighted by molar-refractivity contribution is 6.99. The molecule has 36 heavy (non-hydrogen) atoms. The summed E-state index contributed by atoms with van der Waals surface area (Å²) in [5.41, 5.74) is -1.68. The Bertz CT molecular complexity index is 1170. The largest absolute Gasteiger partial charge is 0.480 e. The van der Waals surface area contributed by atoms with E-state index in [0.717, 1.165) is 15.9 Å². The first kappa shape index (κ1) is 25.9. The summed E-state index contributed by atoms with van der Waals surface area (Å²) in [6, 6.07) is 30.1. The van der Waals surface area contributed by atoms with Crippen LogP contribution in [-0.4, -0.2) is 39.1 Å². The second-order valence-electron chi connectivity index (χ2n) is 10.6. The molecular formula is C30H34O5Si. The first-order valence-electron chi connectivity index (χ1n) is 12.3. The molecular weight excluding hydrogens is 468 g/mol. The highest BCUT2D eigenvalue weighted by Gasteiger charge is 2.78. The molecule has 1 aliphatic carbocycles. The van der Waals surface area contributed by atoms with Crippen LogP contribution in [0.4, 0.5) is 0 Å². The number of carboxylic acid groups (broad SMARTS) is 1. The fourth-order valence-electron chi connectivity index (χ4n) is 5.91. The number of hydrogen-bond acceptors (Lipinski definition) is 4. The Morgan fingerprint density at radius 2 is 1.33 bits per heavy atom. The number of aliphatic carboxylic acids is 1. The van der Waals surface area contributed by atoms with Crippen molar-refractivity contribution in [1.82, 2.24) is 0 Å². The van der Waals surface area contributed by atoms with Crippen molar-refractivity contribution >= 4 is 30.6 Å². The Balaban J connectivity index is 1.76. The molecule has 3 aromatic carbocycles. The molecule has 0 spiro atoms. The van der Waals surface area contributed by atoms with Crippen LogP contribution in [0.1, 0.15) is 39.2 Å². The summed E-state index contributed by atoms with van der Waals surface area (Å²) in [4.78, 5) is 25.4. The summed E-state index contributed by atoms with van der Waals surface area (Å²) in [5.74, 6) is -1.85. The van der Waals surface area contributed by atoms with Gasteiger partial charge in [-0.3, -0.25) is 9.59 Å². The zero-order chi connectivity index (χ0) is 26.0. The Morgan fingerprint density at radius 3 is 1.75 bits per heavy atom. The van der Waals surface area contributed by atoms with Crippen molar-refractivity contribution in [2.45, 2.75) is 44.1 Å². The minimum absolute atomic E-state index is 0.191. The highest BCUT2D eigenvalue weighted by Crippen LogP contribution is 2.67. The van der Waals surface area contributed by atoms with E-state index < -0.39 is 31.1 Å². The molecule has 1 N–H and O–H groups in total. The smallest absolute Gasteiger partial charge is 0.324 e. The van der Waals surface area contributed by atoms with E-state index in [9.17, 15) is 14.7 Å². The van der Waals surface area contributed by atoms with E-state index in [1.165, 1.54) is 7.11 Å². The van der Waals surface area contributed by atoms with E-state index in [4.69, 9.17) is 9.16 Å². The van der Waals surface area contributed by atoms with Crippen LogP contribution in [-0.2, 0) is 24.2 Å². The Hall–Kier alpha value is -3.22. The van der Waals surface area contributed by atoms with E-state index >= 15 is 0 Å². The minimum atomic E-state index is -2.79. The first-order chi connectivity index (χ1) is 17.2. The van der Waals surface area contributed by atoms with Crippen LogP contribution in [0.2, 0.25) is 5.04 Å². The van der Waals surface area contributed by atoms with Gasteiger partial charge in [0.1, 0.15) is 0 Å². The van der Waals surface area contributed by atoms with Crippen LogP contribution >= 0.6 is 0 Å². The predicted octanol–water partition coefficient (Wildman–Crippen LogP) is 4.54. The molecule has 2 atom stereocenters. The summed E-state index contributed by atoms with van der Waals surface area (Å²) >= 11 is 0. The zero-order valence-corrected chi connectivity index (χ0v) is 22.4. The minimum Gasteiger partial charge on any atom is -0.480 e. The summed E-state index contributed by atoms with van der Waals surface area (Å²) in [6.07, 6.45) is 0.582. The van der Waals surface area contributed by atoms with E-state index in [1.807, 2.05) is 66.7 Å². The van der Waals surface area contributed by atoms with Crippen molar-refractivity contribution in [3.8, 4) is 0 Å². The predicted molar refractivity (Wildman–Crippen MR) is 143 cm³/mol. The molecule has 0 heterocycles. The van der Waals surface area contributed by atoms with Crippen molar-refractivity contribution in [1.29, 1.82) is 0 Å². The number of hydrogen-bond donors (Lipinski definition) is 1. The van der Waals surface area contributed by atoms with Gasteiger partial charge in [-0.25, -0.2) is 0 Å². The van der Waals surface area contributed by atoms with Crippen molar-refractivity contribution < 1.29 is 23.9 Å². The molecule has 188 valence electrons. The van der Waals surface area contributed by atoms with E-state index in [-0.39, 0.29) is 11.5 Å². The molecule has 1 saturated carbocycles. The van der Waals surface area contributed by atoms with Gasteiger partial charge in [0.2, 0.25) is 0 Å². The molecule has 0 bridgehead atoms. The fourth-order valence-corrected chi connectivity index (χ4v) is 10.5. The molecule has 1 aliphatic rings. The monoisotopic (exact) mass is 502 g/mol.